The van der Waals surface area contributed by atoms with E-state index in [0.717, 1.165) is 12.8 Å². The fourth-order valence-electron chi connectivity index (χ4n) is 4.75. The largest absolute Gasteiger partial charge is 0.508 e. The number of rotatable bonds is 3. The van der Waals surface area contributed by atoms with Crippen LogP contribution in [0.15, 0.2) is 0 Å². The van der Waals surface area contributed by atoms with E-state index in [0.29, 0.717) is 12.5 Å². The van der Waals surface area contributed by atoms with Gasteiger partial charge in [0.05, 0.1) is 6.61 Å². The number of hydrogen-bond donors (Lipinski definition) is 0. The summed E-state index contributed by atoms with van der Waals surface area (Å²) in [6.07, 6.45) is 19.7. The van der Waals surface area contributed by atoms with E-state index >= 15 is 0 Å². The van der Waals surface area contributed by atoms with E-state index in [1.165, 1.54) is 89.9 Å². The molecule has 0 unspecified atom stereocenters. The normalized spacial score (nSPS) is 24.4. The molecule has 3 heteroatoms. The summed E-state index contributed by atoms with van der Waals surface area (Å²) in [4.78, 5) is 12.2. The van der Waals surface area contributed by atoms with Crippen LogP contribution in [0.4, 0.5) is 4.79 Å². The molecule has 0 heterocycles. The minimum absolute atomic E-state index is 0.263. The Kier molecular flexibility index (Phi) is 8.98. The molecule has 0 aromatic carbocycles. The topological polar surface area (TPSA) is 35.5 Å². The third-order valence-corrected chi connectivity index (χ3v) is 6.10. The molecule has 3 nitrogen and oxygen atoms in total. The van der Waals surface area contributed by atoms with Crippen LogP contribution in [0, 0.1) is 5.92 Å². The number of hydrogen-bond acceptors (Lipinski definition) is 3. The summed E-state index contributed by atoms with van der Waals surface area (Å²) in [6.45, 7) is 2.26. The standard InChI is InChI=1S/C21H38O3/c1-2-23-20(22)24-21(17-13-9-5-6-10-14-18-21)19-15-11-7-3-4-8-12-16-19/h19H,2-18H2,1H3. The summed E-state index contributed by atoms with van der Waals surface area (Å²) >= 11 is 0. The molecule has 2 aliphatic carbocycles. The Morgan fingerprint density at radius 3 is 1.75 bits per heavy atom. The average Bonchev–Trinajstić information content (AvgIpc) is 2.77. The summed E-state index contributed by atoms with van der Waals surface area (Å²) in [5.74, 6) is 0.526. The molecule has 2 aliphatic rings. The molecule has 0 saturated heterocycles. The van der Waals surface area contributed by atoms with Gasteiger partial charge in [-0.2, -0.15) is 0 Å². The fraction of sp³-hybridized carbons (Fsp3) is 0.952. The van der Waals surface area contributed by atoms with Crippen LogP contribution in [-0.2, 0) is 9.47 Å². The Hall–Kier alpha value is -0.730. The van der Waals surface area contributed by atoms with Crippen molar-refractivity contribution in [2.24, 2.45) is 5.92 Å². The van der Waals surface area contributed by atoms with Crippen LogP contribution in [0.3, 0.4) is 0 Å². The molecule has 0 spiro atoms. The predicted octanol–water partition coefficient (Wildman–Crippen LogP) is 6.78. The Labute approximate surface area is 148 Å². The van der Waals surface area contributed by atoms with Gasteiger partial charge in [-0.25, -0.2) is 4.79 Å². The van der Waals surface area contributed by atoms with Gasteiger partial charge in [-0.3, -0.25) is 0 Å². The molecule has 0 radical (unpaired) electrons. The van der Waals surface area contributed by atoms with Crippen LogP contribution in [0.5, 0.6) is 0 Å². The van der Waals surface area contributed by atoms with E-state index in [-0.39, 0.29) is 5.60 Å². The highest BCUT2D eigenvalue weighted by atomic mass is 16.7. The second kappa shape index (κ2) is 11.0. The van der Waals surface area contributed by atoms with Gasteiger partial charge in [0.25, 0.3) is 0 Å². The molecule has 0 aliphatic heterocycles. The molecule has 140 valence electrons. The van der Waals surface area contributed by atoms with Crippen molar-refractivity contribution in [1.29, 1.82) is 0 Å². The molecule has 2 saturated carbocycles. The lowest BCUT2D eigenvalue weighted by Crippen LogP contribution is -2.43. The van der Waals surface area contributed by atoms with Crippen molar-refractivity contribution in [2.75, 3.05) is 6.61 Å². The monoisotopic (exact) mass is 338 g/mol. The van der Waals surface area contributed by atoms with Gasteiger partial charge < -0.3 is 9.47 Å². The zero-order valence-electron chi connectivity index (χ0n) is 15.8. The molecule has 24 heavy (non-hydrogen) atoms. The smallest absolute Gasteiger partial charge is 0.435 e. The van der Waals surface area contributed by atoms with Gasteiger partial charge in [-0.15, -0.1) is 0 Å². The van der Waals surface area contributed by atoms with Crippen molar-refractivity contribution in [3.05, 3.63) is 0 Å². The second-order valence-electron chi connectivity index (χ2n) is 7.87. The van der Waals surface area contributed by atoms with Crippen molar-refractivity contribution >= 4 is 6.16 Å². The highest BCUT2D eigenvalue weighted by molar-refractivity contribution is 5.60. The minimum Gasteiger partial charge on any atom is -0.435 e. The second-order valence-corrected chi connectivity index (χ2v) is 7.87. The SMILES string of the molecule is CCOC(=O)OC1(C2CCCCCCCC2)CCCCCCCC1. The summed E-state index contributed by atoms with van der Waals surface area (Å²) in [6, 6.07) is 0. The van der Waals surface area contributed by atoms with E-state index in [4.69, 9.17) is 9.47 Å². The van der Waals surface area contributed by atoms with Crippen LogP contribution < -0.4 is 0 Å². The maximum Gasteiger partial charge on any atom is 0.508 e. The lowest BCUT2D eigenvalue weighted by molar-refractivity contribution is -0.0844. The van der Waals surface area contributed by atoms with Gasteiger partial charge >= 0.3 is 6.16 Å². The van der Waals surface area contributed by atoms with Crippen LogP contribution in [0.25, 0.3) is 0 Å². The third kappa shape index (κ3) is 6.29. The zero-order valence-corrected chi connectivity index (χ0v) is 15.8. The van der Waals surface area contributed by atoms with Gasteiger partial charge in [0.15, 0.2) is 0 Å². The molecule has 2 rings (SSSR count). The average molecular weight is 339 g/mol. The molecule has 0 bridgehead atoms. The van der Waals surface area contributed by atoms with Gasteiger partial charge in [-0.05, 0) is 51.4 Å². The summed E-state index contributed by atoms with van der Waals surface area (Å²) in [5.41, 5.74) is -0.263. The van der Waals surface area contributed by atoms with E-state index in [2.05, 4.69) is 0 Å². The van der Waals surface area contributed by atoms with Crippen LogP contribution in [0.1, 0.15) is 110 Å². The molecule has 0 aromatic rings. The highest BCUT2D eigenvalue weighted by Crippen LogP contribution is 2.41. The first-order valence-corrected chi connectivity index (χ1v) is 10.6. The summed E-state index contributed by atoms with van der Waals surface area (Å²) in [7, 11) is 0. The van der Waals surface area contributed by atoms with Crippen molar-refractivity contribution in [3.63, 3.8) is 0 Å². The lowest BCUT2D eigenvalue weighted by atomic mass is 9.74. The first kappa shape index (κ1) is 19.6. The van der Waals surface area contributed by atoms with Gasteiger partial charge in [0, 0.05) is 0 Å². The maximum atomic E-state index is 12.2. The van der Waals surface area contributed by atoms with Gasteiger partial charge in [0.1, 0.15) is 5.60 Å². The first-order valence-electron chi connectivity index (χ1n) is 10.6. The summed E-state index contributed by atoms with van der Waals surface area (Å²) < 4.78 is 11.3. The van der Waals surface area contributed by atoms with Crippen molar-refractivity contribution < 1.29 is 14.3 Å². The third-order valence-electron chi connectivity index (χ3n) is 6.10. The van der Waals surface area contributed by atoms with E-state index in [1.807, 2.05) is 6.92 Å². The Morgan fingerprint density at radius 1 is 0.792 bits per heavy atom. The zero-order chi connectivity index (χ0) is 17.1. The molecule has 2 fully saturated rings. The number of carbonyl (C=O) groups is 1. The predicted molar refractivity (Wildman–Crippen MR) is 98.2 cm³/mol. The Balaban J connectivity index is 2.14. The molecular formula is C21H38O3. The molecule has 0 amide bonds. The lowest BCUT2D eigenvalue weighted by Gasteiger charge is -2.40. The van der Waals surface area contributed by atoms with E-state index in [1.54, 1.807) is 0 Å². The Morgan fingerprint density at radius 2 is 1.25 bits per heavy atom. The van der Waals surface area contributed by atoms with E-state index in [9.17, 15) is 4.79 Å². The van der Waals surface area contributed by atoms with Gasteiger partial charge in [0.2, 0.25) is 0 Å². The van der Waals surface area contributed by atoms with Crippen LogP contribution in [-0.4, -0.2) is 18.4 Å². The molecule has 0 N–H and O–H groups in total. The number of carbonyl (C=O) groups excluding carboxylic acids is 1. The fourth-order valence-corrected chi connectivity index (χ4v) is 4.75. The van der Waals surface area contributed by atoms with Crippen molar-refractivity contribution in [3.8, 4) is 0 Å². The molecule has 0 aromatic heterocycles. The number of ether oxygens (including phenoxy) is 2. The van der Waals surface area contributed by atoms with Crippen LogP contribution >= 0.6 is 0 Å². The maximum absolute atomic E-state index is 12.2. The van der Waals surface area contributed by atoms with Crippen LogP contribution in [0.2, 0.25) is 0 Å². The first-order chi connectivity index (χ1) is 11.8. The van der Waals surface area contributed by atoms with Crippen molar-refractivity contribution in [2.45, 2.75) is 115 Å². The van der Waals surface area contributed by atoms with Gasteiger partial charge in [-0.1, -0.05) is 64.2 Å². The van der Waals surface area contributed by atoms with Crippen molar-refractivity contribution in [1.82, 2.24) is 0 Å². The molecule has 0 atom stereocenters. The highest BCUT2D eigenvalue weighted by Gasteiger charge is 2.41. The van der Waals surface area contributed by atoms with E-state index < -0.39 is 6.16 Å². The summed E-state index contributed by atoms with van der Waals surface area (Å²) in [5, 5.41) is 0. The molecular weight excluding hydrogens is 300 g/mol. The minimum atomic E-state index is -0.434. The quantitative estimate of drug-likeness (QED) is 0.532. The Bertz CT molecular complexity index is 333.